The zero-order chi connectivity index (χ0) is 14.3. The first-order valence-corrected chi connectivity index (χ1v) is 7.36. The highest BCUT2D eigenvalue weighted by atomic mass is 16.3. The molecule has 1 aromatic rings. The van der Waals surface area contributed by atoms with Crippen LogP contribution in [0, 0.1) is 0 Å². The van der Waals surface area contributed by atoms with Gasteiger partial charge in [-0.2, -0.15) is 0 Å². The summed E-state index contributed by atoms with van der Waals surface area (Å²) < 4.78 is 0. The van der Waals surface area contributed by atoms with E-state index in [1.54, 1.807) is 13.0 Å². The van der Waals surface area contributed by atoms with Crippen molar-refractivity contribution in [3.63, 3.8) is 0 Å². The van der Waals surface area contributed by atoms with Gasteiger partial charge in [0.2, 0.25) is 0 Å². The lowest BCUT2D eigenvalue weighted by molar-refractivity contribution is 0.195. The Labute approximate surface area is 116 Å². The van der Waals surface area contributed by atoms with Crippen LogP contribution in [0.2, 0.25) is 0 Å². The lowest BCUT2D eigenvalue weighted by Gasteiger charge is -2.25. The third kappa shape index (κ3) is 4.75. The van der Waals surface area contributed by atoms with E-state index in [0.717, 1.165) is 31.6 Å². The number of rotatable bonds is 8. The Bertz CT molecular complexity index is 369. The van der Waals surface area contributed by atoms with E-state index >= 15 is 0 Å². The van der Waals surface area contributed by atoms with Gasteiger partial charge in [-0.3, -0.25) is 0 Å². The lowest BCUT2D eigenvalue weighted by Crippen LogP contribution is -2.25. The molecule has 0 saturated heterocycles. The van der Waals surface area contributed by atoms with Crippen LogP contribution < -0.4 is 4.90 Å². The second-order valence-electron chi connectivity index (χ2n) is 5.11. The molecule has 0 aliphatic carbocycles. The van der Waals surface area contributed by atoms with Crippen molar-refractivity contribution in [2.45, 2.75) is 52.6 Å². The smallest absolute Gasteiger partial charge is 0.123 e. The Balaban J connectivity index is 2.85. The van der Waals surface area contributed by atoms with Crippen molar-refractivity contribution in [1.29, 1.82) is 0 Å². The van der Waals surface area contributed by atoms with Crippen molar-refractivity contribution in [2.24, 2.45) is 0 Å². The van der Waals surface area contributed by atoms with Gasteiger partial charge in [0, 0.05) is 30.4 Å². The summed E-state index contributed by atoms with van der Waals surface area (Å²) in [6.45, 7) is 8.08. The SMILES string of the molecule is CCCCN(CCCC)c1ccc(C(C)O)c(O)c1. The predicted molar refractivity (Wildman–Crippen MR) is 80.8 cm³/mol. The third-order valence-corrected chi connectivity index (χ3v) is 3.39. The van der Waals surface area contributed by atoms with Crippen molar-refractivity contribution < 1.29 is 10.2 Å². The molecule has 0 amide bonds. The largest absolute Gasteiger partial charge is 0.507 e. The van der Waals surface area contributed by atoms with Gasteiger partial charge < -0.3 is 15.1 Å². The summed E-state index contributed by atoms with van der Waals surface area (Å²) in [6, 6.07) is 5.58. The van der Waals surface area contributed by atoms with Crippen molar-refractivity contribution in [3.05, 3.63) is 23.8 Å². The summed E-state index contributed by atoms with van der Waals surface area (Å²) in [7, 11) is 0. The minimum Gasteiger partial charge on any atom is -0.507 e. The van der Waals surface area contributed by atoms with Crippen molar-refractivity contribution in [3.8, 4) is 5.75 Å². The van der Waals surface area contributed by atoms with Crippen LogP contribution in [-0.2, 0) is 0 Å². The number of aliphatic hydroxyl groups is 1. The molecule has 19 heavy (non-hydrogen) atoms. The van der Waals surface area contributed by atoms with Crippen molar-refractivity contribution in [1.82, 2.24) is 0 Å². The topological polar surface area (TPSA) is 43.7 Å². The molecule has 0 bridgehead atoms. The van der Waals surface area contributed by atoms with E-state index in [1.807, 2.05) is 12.1 Å². The van der Waals surface area contributed by atoms with Gasteiger partial charge in [0.1, 0.15) is 5.75 Å². The number of aliphatic hydroxyl groups excluding tert-OH is 1. The first kappa shape index (κ1) is 15.8. The predicted octanol–water partition coefficient (Wildman–Crippen LogP) is 3.85. The van der Waals surface area contributed by atoms with Crippen LogP contribution in [-0.4, -0.2) is 23.3 Å². The second-order valence-corrected chi connectivity index (χ2v) is 5.11. The average Bonchev–Trinajstić information content (AvgIpc) is 2.38. The van der Waals surface area contributed by atoms with Gasteiger partial charge in [-0.05, 0) is 25.8 Å². The average molecular weight is 265 g/mol. The highest BCUT2D eigenvalue weighted by Gasteiger charge is 2.11. The van der Waals surface area contributed by atoms with Crippen LogP contribution in [0.5, 0.6) is 5.75 Å². The Morgan fingerprint density at radius 3 is 2.11 bits per heavy atom. The maximum absolute atomic E-state index is 9.97. The summed E-state index contributed by atoms with van der Waals surface area (Å²) in [5.74, 6) is 0.186. The maximum Gasteiger partial charge on any atom is 0.123 e. The first-order valence-electron chi connectivity index (χ1n) is 7.36. The van der Waals surface area contributed by atoms with E-state index in [1.165, 1.54) is 12.8 Å². The minimum atomic E-state index is -0.631. The molecule has 1 unspecified atom stereocenters. The van der Waals surface area contributed by atoms with E-state index in [4.69, 9.17) is 0 Å². The molecule has 3 heteroatoms. The molecule has 0 radical (unpaired) electrons. The molecule has 0 heterocycles. The minimum absolute atomic E-state index is 0.186. The number of unbranched alkanes of at least 4 members (excludes halogenated alkanes) is 2. The van der Waals surface area contributed by atoms with Crippen LogP contribution >= 0.6 is 0 Å². The summed E-state index contributed by atoms with van der Waals surface area (Å²) in [4.78, 5) is 2.32. The fourth-order valence-electron chi connectivity index (χ4n) is 2.15. The quantitative estimate of drug-likeness (QED) is 0.750. The van der Waals surface area contributed by atoms with Crippen LogP contribution in [0.25, 0.3) is 0 Å². The molecule has 0 saturated carbocycles. The van der Waals surface area contributed by atoms with Crippen LogP contribution in [0.3, 0.4) is 0 Å². The molecule has 1 rings (SSSR count). The standard InChI is InChI=1S/C16H27NO2/c1-4-6-10-17(11-7-5-2)14-8-9-15(13(3)18)16(19)12-14/h8-9,12-13,18-19H,4-7,10-11H2,1-3H3. The zero-order valence-electron chi connectivity index (χ0n) is 12.4. The normalized spacial score (nSPS) is 12.4. The number of anilines is 1. The van der Waals surface area contributed by atoms with E-state index in [2.05, 4.69) is 18.7 Å². The molecule has 0 aliphatic heterocycles. The molecule has 0 spiro atoms. The number of hydrogen-bond donors (Lipinski definition) is 2. The van der Waals surface area contributed by atoms with Gasteiger partial charge in [-0.25, -0.2) is 0 Å². The third-order valence-electron chi connectivity index (χ3n) is 3.39. The fourth-order valence-corrected chi connectivity index (χ4v) is 2.15. The molecule has 2 N–H and O–H groups in total. The molecule has 0 fully saturated rings. The van der Waals surface area contributed by atoms with Gasteiger partial charge >= 0.3 is 0 Å². The van der Waals surface area contributed by atoms with E-state index in [-0.39, 0.29) is 5.75 Å². The van der Waals surface area contributed by atoms with Gasteiger partial charge in [0.05, 0.1) is 6.10 Å². The number of nitrogens with zero attached hydrogens (tertiary/aromatic N) is 1. The first-order chi connectivity index (χ1) is 9.10. The van der Waals surface area contributed by atoms with Gasteiger partial charge in [0.25, 0.3) is 0 Å². The Morgan fingerprint density at radius 2 is 1.68 bits per heavy atom. The van der Waals surface area contributed by atoms with Crippen LogP contribution in [0.1, 0.15) is 58.1 Å². The molecule has 1 aromatic carbocycles. The number of benzene rings is 1. The molecule has 3 nitrogen and oxygen atoms in total. The monoisotopic (exact) mass is 265 g/mol. The Kier molecular flexibility index (Phi) is 6.71. The van der Waals surface area contributed by atoms with Crippen molar-refractivity contribution in [2.75, 3.05) is 18.0 Å². The lowest BCUT2D eigenvalue weighted by atomic mass is 10.1. The summed E-state index contributed by atoms with van der Waals surface area (Å²) in [5.41, 5.74) is 1.64. The van der Waals surface area contributed by atoms with Crippen LogP contribution in [0.4, 0.5) is 5.69 Å². The maximum atomic E-state index is 9.97. The van der Waals surface area contributed by atoms with E-state index in [9.17, 15) is 10.2 Å². The molecular formula is C16H27NO2. The number of phenolic OH excluding ortho intramolecular Hbond substituents is 1. The second kappa shape index (κ2) is 8.05. The number of hydrogen-bond acceptors (Lipinski definition) is 3. The van der Waals surface area contributed by atoms with E-state index < -0.39 is 6.10 Å². The highest BCUT2D eigenvalue weighted by Crippen LogP contribution is 2.29. The molecular weight excluding hydrogens is 238 g/mol. The van der Waals surface area contributed by atoms with Crippen molar-refractivity contribution >= 4 is 5.69 Å². The molecule has 0 aliphatic rings. The number of aromatic hydroxyl groups is 1. The molecule has 108 valence electrons. The molecule has 1 atom stereocenters. The Morgan fingerprint density at radius 1 is 1.11 bits per heavy atom. The highest BCUT2D eigenvalue weighted by molar-refractivity contribution is 5.53. The summed E-state index contributed by atoms with van der Waals surface area (Å²) >= 11 is 0. The van der Waals surface area contributed by atoms with Gasteiger partial charge in [0.15, 0.2) is 0 Å². The van der Waals surface area contributed by atoms with Crippen LogP contribution in [0.15, 0.2) is 18.2 Å². The summed E-state index contributed by atoms with van der Waals surface area (Å²) in [6.07, 6.45) is 4.01. The zero-order valence-corrected chi connectivity index (χ0v) is 12.4. The van der Waals surface area contributed by atoms with Gasteiger partial charge in [-0.1, -0.05) is 32.8 Å². The molecule has 0 aromatic heterocycles. The Hall–Kier alpha value is -1.22. The fraction of sp³-hybridized carbons (Fsp3) is 0.625. The summed E-state index contributed by atoms with van der Waals surface area (Å²) in [5, 5.41) is 19.5. The van der Waals surface area contributed by atoms with Gasteiger partial charge in [-0.15, -0.1) is 0 Å². The van der Waals surface area contributed by atoms with E-state index in [0.29, 0.717) is 5.56 Å². The number of phenols is 1.